The lowest BCUT2D eigenvalue weighted by molar-refractivity contribution is -0.139. The van der Waals surface area contributed by atoms with Gasteiger partial charge in [-0.05, 0) is 37.5 Å². The zero-order valence-electron chi connectivity index (χ0n) is 11.0. The van der Waals surface area contributed by atoms with Crippen molar-refractivity contribution < 1.29 is 18.3 Å². The summed E-state index contributed by atoms with van der Waals surface area (Å²) < 4.78 is 27.1. The lowest BCUT2D eigenvalue weighted by Gasteiger charge is -2.40. The summed E-state index contributed by atoms with van der Waals surface area (Å²) in [6.45, 7) is 0. The number of nitrogens with one attached hydrogen (secondary N) is 1. The highest BCUT2D eigenvalue weighted by Crippen LogP contribution is 2.36. The van der Waals surface area contributed by atoms with E-state index in [-0.39, 0.29) is 21.9 Å². The summed E-state index contributed by atoms with van der Waals surface area (Å²) in [7, 11) is -3.88. The van der Waals surface area contributed by atoms with Crippen LogP contribution in [0.4, 0.5) is 0 Å². The molecule has 0 spiro atoms. The molecule has 6 nitrogen and oxygen atoms in total. The van der Waals surface area contributed by atoms with E-state index in [0.717, 1.165) is 6.42 Å². The van der Waals surface area contributed by atoms with Gasteiger partial charge < -0.3 is 5.11 Å². The lowest BCUT2D eigenvalue weighted by atomic mass is 9.75. The second-order valence-electron chi connectivity index (χ2n) is 5.06. The van der Waals surface area contributed by atoms with Gasteiger partial charge in [0.1, 0.15) is 6.07 Å². The van der Waals surface area contributed by atoms with Crippen LogP contribution in [-0.4, -0.2) is 25.0 Å². The second-order valence-corrected chi connectivity index (χ2v) is 7.15. The molecule has 112 valence electrons. The number of nitriles is 1. The summed E-state index contributed by atoms with van der Waals surface area (Å²) in [5.41, 5.74) is -0.745. The lowest BCUT2D eigenvalue weighted by Crippen LogP contribution is -2.54. The van der Waals surface area contributed by atoms with Crippen molar-refractivity contribution in [2.75, 3.05) is 0 Å². The van der Waals surface area contributed by atoms with Crippen LogP contribution in [0.3, 0.4) is 0 Å². The van der Waals surface area contributed by atoms with Gasteiger partial charge in [-0.3, -0.25) is 4.79 Å². The van der Waals surface area contributed by atoms with Crippen molar-refractivity contribution in [3.63, 3.8) is 0 Å². The molecular weight excluding hydrogens is 316 g/mol. The maximum absolute atomic E-state index is 12.3. The maximum atomic E-state index is 12.3. The molecule has 2 N–H and O–H groups in total. The molecule has 1 fully saturated rings. The average Bonchev–Trinajstić information content (AvgIpc) is 2.35. The number of hydrogen-bond acceptors (Lipinski definition) is 4. The number of nitrogens with zero attached hydrogens (tertiary/aromatic N) is 1. The Morgan fingerprint density at radius 3 is 2.57 bits per heavy atom. The van der Waals surface area contributed by atoms with Crippen molar-refractivity contribution in [3.05, 3.63) is 28.8 Å². The van der Waals surface area contributed by atoms with Gasteiger partial charge in [0.2, 0.25) is 10.0 Å². The minimum atomic E-state index is -3.88. The fourth-order valence-electron chi connectivity index (χ4n) is 2.31. The Hall–Kier alpha value is -1.62. The molecule has 8 heteroatoms. The summed E-state index contributed by atoms with van der Waals surface area (Å²) in [5, 5.41) is 17.7. The van der Waals surface area contributed by atoms with Crippen LogP contribution in [0.15, 0.2) is 23.1 Å². The molecule has 0 bridgehead atoms. The van der Waals surface area contributed by atoms with Gasteiger partial charge in [0.25, 0.3) is 0 Å². The van der Waals surface area contributed by atoms with Crippen molar-refractivity contribution in [2.24, 2.45) is 0 Å². The van der Waals surface area contributed by atoms with Crippen molar-refractivity contribution in [1.29, 1.82) is 5.26 Å². The molecule has 0 unspecified atom stereocenters. The van der Waals surface area contributed by atoms with E-state index in [1.165, 1.54) is 18.2 Å². The Morgan fingerprint density at radius 1 is 1.48 bits per heavy atom. The largest absolute Gasteiger partial charge is 0.481 e. The van der Waals surface area contributed by atoms with Crippen molar-refractivity contribution in [2.45, 2.75) is 36.1 Å². The van der Waals surface area contributed by atoms with E-state index in [9.17, 15) is 13.2 Å². The minimum Gasteiger partial charge on any atom is -0.481 e. The third-order valence-corrected chi connectivity index (χ3v) is 5.41. The maximum Gasteiger partial charge on any atom is 0.305 e. The van der Waals surface area contributed by atoms with E-state index >= 15 is 0 Å². The fourth-order valence-corrected chi connectivity index (χ4v) is 4.08. The molecule has 21 heavy (non-hydrogen) atoms. The molecule has 0 aliphatic heterocycles. The topological polar surface area (TPSA) is 107 Å². The molecule has 0 radical (unpaired) electrons. The van der Waals surface area contributed by atoms with E-state index in [1.807, 2.05) is 6.07 Å². The number of hydrogen-bond donors (Lipinski definition) is 2. The Balaban J connectivity index is 2.28. The predicted octanol–water partition coefficient (Wildman–Crippen LogP) is 1.89. The molecule has 1 aliphatic carbocycles. The number of aliphatic carboxylic acids is 1. The van der Waals surface area contributed by atoms with Crippen molar-refractivity contribution in [1.82, 2.24) is 4.72 Å². The molecule has 0 atom stereocenters. The molecule has 0 heterocycles. The van der Waals surface area contributed by atoms with Crippen LogP contribution >= 0.6 is 11.6 Å². The number of benzene rings is 1. The van der Waals surface area contributed by atoms with Crippen LogP contribution < -0.4 is 4.72 Å². The van der Waals surface area contributed by atoms with Crippen LogP contribution in [-0.2, 0) is 14.8 Å². The zero-order valence-corrected chi connectivity index (χ0v) is 12.5. The highest BCUT2D eigenvalue weighted by atomic mass is 35.5. The molecule has 0 aromatic heterocycles. The van der Waals surface area contributed by atoms with Gasteiger partial charge in [-0.2, -0.15) is 5.26 Å². The number of halogens is 1. The van der Waals surface area contributed by atoms with Gasteiger partial charge in [0.15, 0.2) is 0 Å². The summed E-state index contributed by atoms with van der Waals surface area (Å²) in [6.07, 6.45) is 1.51. The van der Waals surface area contributed by atoms with E-state index in [1.54, 1.807) is 0 Å². The standard InChI is InChI=1S/C13H13ClN2O4S/c14-11-6-10(3-2-9(11)8-15)21(19,20)16-13(4-1-5-13)7-12(17)18/h2-3,6,16H,1,4-5,7H2,(H,17,18). The molecule has 1 aliphatic rings. The Bertz CT molecular complexity index is 720. The molecule has 1 saturated carbocycles. The first-order chi connectivity index (χ1) is 9.78. The Morgan fingerprint density at radius 2 is 2.14 bits per heavy atom. The quantitative estimate of drug-likeness (QED) is 0.858. The van der Waals surface area contributed by atoms with E-state index < -0.39 is 21.5 Å². The van der Waals surface area contributed by atoms with E-state index in [0.29, 0.717) is 12.8 Å². The number of carbonyl (C=O) groups is 1. The van der Waals surface area contributed by atoms with Crippen LogP contribution in [0.25, 0.3) is 0 Å². The molecular formula is C13H13ClN2O4S. The van der Waals surface area contributed by atoms with Gasteiger partial charge in [0, 0.05) is 5.54 Å². The van der Waals surface area contributed by atoms with E-state index in [4.69, 9.17) is 22.0 Å². The molecule has 1 aromatic carbocycles. The molecule has 0 amide bonds. The van der Waals surface area contributed by atoms with Crippen molar-refractivity contribution in [3.8, 4) is 6.07 Å². The van der Waals surface area contributed by atoms with Gasteiger partial charge in [-0.15, -0.1) is 0 Å². The number of carboxylic acids is 1. The molecule has 2 rings (SSSR count). The first kappa shape index (κ1) is 15.8. The normalized spacial score (nSPS) is 16.8. The molecule has 1 aromatic rings. The average molecular weight is 329 g/mol. The van der Waals surface area contributed by atoms with E-state index in [2.05, 4.69) is 4.72 Å². The predicted molar refractivity (Wildman–Crippen MR) is 75.3 cm³/mol. The number of carboxylic acid groups (broad SMARTS) is 1. The third-order valence-electron chi connectivity index (χ3n) is 3.52. The SMILES string of the molecule is N#Cc1ccc(S(=O)(=O)NC2(CC(=O)O)CCC2)cc1Cl. The monoisotopic (exact) mass is 328 g/mol. The number of sulfonamides is 1. The van der Waals surface area contributed by atoms with Gasteiger partial charge in [-0.25, -0.2) is 13.1 Å². The Kier molecular flexibility index (Phi) is 4.23. The van der Waals surface area contributed by atoms with Crippen LogP contribution in [0.1, 0.15) is 31.2 Å². The molecule has 0 saturated heterocycles. The highest BCUT2D eigenvalue weighted by Gasteiger charge is 2.42. The first-order valence-electron chi connectivity index (χ1n) is 6.23. The van der Waals surface area contributed by atoms with Gasteiger partial charge in [0.05, 0.1) is 21.9 Å². The number of rotatable bonds is 5. The summed E-state index contributed by atoms with van der Waals surface area (Å²) >= 11 is 5.83. The van der Waals surface area contributed by atoms with Crippen molar-refractivity contribution >= 4 is 27.6 Å². The summed E-state index contributed by atoms with van der Waals surface area (Å²) in [5.74, 6) is -1.05. The third kappa shape index (κ3) is 3.35. The summed E-state index contributed by atoms with van der Waals surface area (Å²) in [6, 6.07) is 5.63. The first-order valence-corrected chi connectivity index (χ1v) is 8.10. The van der Waals surface area contributed by atoms with Gasteiger partial charge >= 0.3 is 5.97 Å². The highest BCUT2D eigenvalue weighted by molar-refractivity contribution is 7.89. The van der Waals surface area contributed by atoms with Crippen LogP contribution in [0, 0.1) is 11.3 Å². The smallest absolute Gasteiger partial charge is 0.305 e. The van der Waals surface area contributed by atoms with Crippen LogP contribution in [0.5, 0.6) is 0 Å². The fraction of sp³-hybridized carbons (Fsp3) is 0.385. The minimum absolute atomic E-state index is 0.0428. The second kappa shape index (κ2) is 5.64. The Labute approximate surface area is 127 Å². The summed E-state index contributed by atoms with van der Waals surface area (Å²) in [4.78, 5) is 10.8. The van der Waals surface area contributed by atoms with Gasteiger partial charge in [-0.1, -0.05) is 11.6 Å². The van der Waals surface area contributed by atoms with Crippen LogP contribution in [0.2, 0.25) is 5.02 Å². The zero-order chi connectivity index (χ0) is 15.7.